The maximum atomic E-state index is 12.4. The molecule has 0 spiro atoms. The van der Waals surface area contributed by atoms with Gasteiger partial charge in [0.25, 0.3) is 0 Å². The van der Waals surface area contributed by atoms with E-state index in [4.69, 9.17) is 16.7 Å². The fraction of sp³-hybridized carbons (Fsp3) is 0.105. The number of benzene rings is 2. The Morgan fingerprint density at radius 3 is 2.15 bits per heavy atom. The molecule has 4 nitrogen and oxygen atoms in total. The van der Waals surface area contributed by atoms with Crippen LogP contribution in [0.2, 0.25) is 0 Å². The number of nitrogens with one attached hydrogen (secondary N) is 1. The number of nitrogens with zero attached hydrogens (tertiary/aromatic N) is 1. The largest absolute Gasteiger partial charge is 0.508 e. The highest BCUT2D eigenvalue weighted by Gasteiger charge is 2.33. The highest BCUT2D eigenvalue weighted by molar-refractivity contribution is 6.29. The summed E-state index contributed by atoms with van der Waals surface area (Å²) in [4.78, 5) is 10.8. The molecule has 0 fully saturated rings. The molecule has 1 aromatic heterocycles. The number of alkyl halides is 4. The number of anilines is 1. The number of amides is 1. The van der Waals surface area contributed by atoms with E-state index in [2.05, 4.69) is 5.32 Å². The minimum atomic E-state index is -4.49. The number of aromatic hydroxyl groups is 1. The van der Waals surface area contributed by atoms with Gasteiger partial charge < -0.3 is 15.0 Å². The molecule has 3 aromatic rings. The molecule has 3 rings (SSSR count). The lowest BCUT2D eigenvalue weighted by Gasteiger charge is -2.12. The number of hydrogen-bond acceptors (Lipinski definition) is 2. The van der Waals surface area contributed by atoms with Crippen LogP contribution >= 0.6 is 11.6 Å². The third kappa shape index (κ3) is 6.07. The Balaban J connectivity index is 0.000000198. The molecule has 0 aliphatic heterocycles. The molecule has 2 N–H and O–H groups in total. The number of halogens is 4. The molecule has 27 heavy (non-hydrogen) atoms. The molecule has 1 amide bonds. The lowest BCUT2D eigenvalue weighted by molar-refractivity contribution is -0.137. The number of carbonyl (C=O) groups excluding carboxylic acids is 1. The van der Waals surface area contributed by atoms with Crippen molar-refractivity contribution in [2.75, 3.05) is 11.2 Å². The predicted octanol–water partition coefficient (Wildman–Crippen LogP) is 5.07. The summed E-state index contributed by atoms with van der Waals surface area (Å²) in [5.41, 5.74) is -0.114. The fourth-order valence-electron chi connectivity index (χ4n) is 2.15. The molecule has 0 radical (unpaired) electrons. The number of rotatable bonds is 3. The SMILES string of the molecule is O=C(CCl)Nc1ccccc1C(F)(F)F.Oc1ccc(-n2cccc2)cc1. The first-order valence-corrected chi connectivity index (χ1v) is 8.29. The van der Waals surface area contributed by atoms with E-state index in [1.165, 1.54) is 18.2 Å². The molecule has 2 aromatic carbocycles. The number of para-hydroxylation sites is 1. The van der Waals surface area contributed by atoms with Crippen LogP contribution in [0.15, 0.2) is 73.1 Å². The first-order valence-electron chi connectivity index (χ1n) is 7.75. The van der Waals surface area contributed by atoms with Crippen LogP contribution < -0.4 is 5.32 Å². The minimum Gasteiger partial charge on any atom is -0.508 e. The Morgan fingerprint density at radius 1 is 1.00 bits per heavy atom. The zero-order valence-corrected chi connectivity index (χ0v) is 14.7. The maximum absolute atomic E-state index is 12.4. The van der Waals surface area contributed by atoms with Gasteiger partial charge in [-0.2, -0.15) is 13.2 Å². The van der Waals surface area contributed by atoms with Gasteiger partial charge in [-0.25, -0.2) is 0 Å². The van der Waals surface area contributed by atoms with Crippen molar-refractivity contribution in [3.05, 3.63) is 78.6 Å². The van der Waals surface area contributed by atoms with Crippen molar-refractivity contribution >= 4 is 23.2 Å². The Bertz CT molecular complexity index is 863. The van der Waals surface area contributed by atoms with Gasteiger partial charge in [0, 0.05) is 18.1 Å². The third-order valence-corrected chi connectivity index (χ3v) is 3.62. The van der Waals surface area contributed by atoms with Crippen molar-refractivity contribution in [2.24, 2.45) is 0 Å². The molecule has 0 saturated carbocycles. The van der Waals surface area contributed by atoms with Crippen molar-refractivity contribution in [2.45, 2.75) is 6.18 Å². The molecule has 1 heterocycles. The first-order chi connectivity index (χ1) is 12.8. The first kappa shape index (κ1) is 20.4. The molecule has 0 aliphatic carbocycles. The zero-order chi connectivity index (χ0) is 19.9. The topological polar surface area (TPSA) is 54.3 Å². The molecular weight excluding hydrogens is 381 g/mol. The van der Waals surface area contributed by atoms with Gasteiger partial charge in [-0.15, -0.1) is 11.6 Å². The van der Waals surface area contributed by atoms with Gasteiger partial charge in [-0.3, -0.25) is 4.79 Å². The van der Waals surface area contributed by atoms with E-state index >= 15 is 0 Å². The second-order valence-corrected chi connectivity index (χ2v) is 5.60. The number of hydrogen-bond donors (Lipinski definition) is 2. The van der Waals surface area contributed by atoms with Crippen LogP contribution in [0.3, 0.4) is 0 Å². The number of phenolic OH excluding ortho intramolecular Hbond substituents is 1. The lowest BCUT2D eigenvalue weighted by Crippen LogP contribution is -2.17. The van der Waals surface area contributed by atoms with Gasteiger partial charge in [0.1, 0.15) is 11.6 Å². The highest BCUT2D eigenvalue weighted by Crippen LogP contribution is 2.34. The zero-order valence-electron chi connectivity index (χ0n) is 13.9. The van der Waals surface area contributed by atoms with E-state index in [-0.39, 0.29) is 11.6 Å². The molecular formula is C19H16ClF3N2O2. The van der Waals surface area contributed by atoms with Gasteiger partial charge >= 0.3 is 6.18 Å². The Morgan fingerprint density at radius 2 is 1.59 bits per heavy atom. The van der Waals surface area contributed by atoms with Gasteiger partial charge in [0.05, 0.1) is 11.3 Å². The van der Waals surface area contributed by atoms with Crippen LogP contribution in [0, 0.1) is 0 Å². The van der Waals surface area contributed by atoms with E-state index < -0.39 is 17.6 Å². The summed E-state index contributed by atoms with van der Waals surface area (Å²) in [6.07, 6.45) is -0.561. The summed E-state index contributed by atoms with van der Waals surface area (Å²) in [5.74, 6) is -0.758. The van der Waals surface area contributed by atoms with E-state index in [1.54, 1.807) is 12.1 Å². The van der Waals surface area contributed by atoms with Crippen LogP contribution in [-0.2, 0) is 11.0 Å². The summed E-state index contributed by atoms with van der Waals surface area (Å²) >= 11 is 5.18. The molecule has 0 aliphatic rings. The van der Waals surface area contributed by atoms with Crippen molar-refractivity contribution in [1.29, 1.82) is 0 Å². The Hall–Kier alpha value is -2.93. The van der Waals surface area contributed by atoms with E-state index in [1.807, 2.05) is 41.2 Å². The summed E-state index contributed by atoms with van der Waals surface area (Å²) in [6, 6.07) is 15.7. The lowest BCUT2D eigenvalue weighted by atomic mass is 10.1. The second kappa shape index (κ2) is 9.14. The van der Waals surface area contributed by atoms with Gasteiger partial charge in [0.15, 0.2) is 0 Å². The second-order valence-electron chi connectivity index (χ2n) is 5.33. The maximum Gasteiger partial charge on any atom is 0.418 e. The van der Waals surface area contributed by atoms with Crippen LogP contribution in [0.4, 0.5) is 18.9 Å². The molecule has 142 valence electrons. The summed E-state index contributed by atoms with van der Waals surface area (Å²) in [6.45, 7) is 0. The van der Waals surface area contributed by atoms with E-state index in [0.717, 1.165) is 11.8 Å². The fourth-order valence-corrected chi connectivity index (χ4v) is 2.22. The standard InChI is InChI=1S/C10H9NO.C9H7ClF3NO/c12-10-5-3-9(4-6-10)11-7-1-2-8-11;10-5-8(15)14-7-4-2-1-3-6(7)9(11,12)13/h1-8,12H;1-4H,5H2,(H,14,15). The molecule has 0 unspecified atom stereocenters. The summed E-state index contributed by atoms with van der Waals surface area (Å²) < 4.78 is 39.2. The van der Waals surface area contributed by atoms with Crippen molar-refractivity contribution in [1.82, 2.24) is 4.57 Å². The quantitative estimate of drug-likeness (QED) is 0.607. The smallest absolute Gasteiger partial charge is 0.418 e. The van der Waals surface area contributed by atoms with Crippen LogP contribution in [0.1, 0.15) is 5.56 Å². The van der Waals surface area contributed by atoms with Crippen molar-refractivity contribution in [3.63, 3.8) is 0 Å². The Labute approximate surface area is 158 Å². The normalized spacial score (nSPS) is 10.7. The summed E-state index contributed by atoms with van der Waals surface area (Å²) in [7, 11) is 0. The van der Waals surface area contributed by atoms with Gasteiger partial charge in [0.2, 0.25) is 5.91 Å². The molecule has 8 heteroatoms. The highest BCUT2D eigenvalue weighted by atomic mass is 35.5. The van der Waals surface area contributed by atoms with Crippen LogP contribution in [0.25, 0.3) is 5.69 Å². The third-order valence-electron chi connectivity index (χ3n) is 3.38. The molecule has 0 bridgehead atoms. The number of carbonyl (C=O) groups is 1. The minimum absolute atomic E-state index is 0.282. The van der Waals surface area contributed by atoms with Crippen molar-refractivity contribution < 1.29 is 23.1 Å². The monoisotopic (exact) mass is 396 g/mol. The van der Waals surface area contributed by atoms with Crippen LogP contribution in [-0.4, -0.2) is 21.5 Å². The average Bonchev–Trinajstić information content (AvgIpc) is 3.17. The van der Waals surface area contributed by atoms with Crippen molar-refractivity contribution in [3.8, 4) is 11.4 Å². The molecule has 0 saturated heterocycles. The predicted molar refractivity (Wildman–Crippen MR) is 98.2 cm³/mol. The summed E-state index contributed by atoms with van der Waals surface area (Å²) in [5, 5.41) is 11.1. The number of phenols is 1. The van der Waals surface area contributed by atoms with Gasteiger partial charge in [-0.1, -0.05) is 12.1 Å². The van der Waals surface area contributed by atoms with E-state index in [9.17, 15) is 18.0 Å². The number of aromatic nitrogens is 1. The van der Waals surface area contributed by atoms with Crippen LogP contribution in [0.5, 0.6) is 5.75 Å². The Kier molecular flexibility index (Phi) is 6.90. The van der Waals surface area contributed by atoms with Gasteiger partial charge in [-0.05, 0) is 48.5 Å². The van der Waals surface area contributed by atoms with E-state index in [0.29, 0.717) is 5.75 Å². The molecule has 0 atom stereocenters. The average molecular weight is 397 g/mol.